The summed E-state index contributed by atoms with van der Waals surface area (Å²) in [5.74, 6) is -0.0713. The summed E-state index contributed by atoms with van der Waals surface area (Å²) in [4.78, 5) is 16.4. The van der Waals surface area contributed by atoms with Gasteiger partial charge in [0.1, 0.15) is 6.04 Å². The van der Waals surface area contributed by atoms with Crippen molar-refractivity contribution in [3.63, 3.8) is 0 Å². The molecule has 1 atom stereocenters. The van der Waals surface area contributed by atoms with Gasteiger partial charge in [0.05, 0.1) is 0 Å². The summed E-state index contributed by atoms with van der Waals surface area (Å²) in [6.07, 6.45) is 0. The quantitative estimate of drug-likeness (QED) is 0.928. The van der Waals surface area contributed by atoms with Gasteiger partial charge in [0.2, 0.25) is 11.0 Å². The lowest BCUT2D eigenvalue weighted by Crippen LogP contribution is -2.27. The molecular formula is C13H15N5OS2. The normalized spacial score (nSPS) is 17.2. The summed E-state index contributed by atoms with van der Waals surface area (Å²) < 4.78 is 0.870. The zero-order chi connectivity index (χ0) is 15.1. The maximum atomic E-state index is 11.9. The van der Waals surface area contributed by atoms with Crippen LogP contribution in [0.1, 0.15) is 11.6 Å². The Morgan fingerprint density at radius 1 is 1.38 bits per heavy atom. The molecule has 8 heteroatoms. The van der Waals surface area contributed by atoms with Crippen molar-refractivity contribution in [3.8, 4) is 0 Å². The number of hydrogen-bond donors (Lipinski definition) is 1. The largest absolute Gasteiger partial charge is 0.353 e. The average Bonchev–Trinajstić information content (AvgIpc) is 3.00. The fraction of sp³-hybridized carbons (Fsp3) is 0.308. The highest BCUT2D eigenvalue weighted by molar-refractivity contribution is 8.01. The molecule has 1 unspecified atom stereocenters. The predicted octanol–water partition coefficient (Wildman–Crippen LogP) is 1.73. The van der Waals surface area contributed by atoms with E-state index in [9.17, 15) is 4.79 Å². The van der Waals surface area contributed by atoms with Crippen molar-refractivity contribution >= 4 is 39.8 Å². The standard InChI is InChI=1S/C13H15N5OS2/c1-17(2)12-15-16-13(21-12)20-7-4-5-8-9(6-7)18(3)11(19)10(8)14/h4-6,10H,14H2,1-3H3. The Labute approximate surface area is 130 Å². The lowest BCUT2D eigenvalue weighted by molar-refractivity contribution is -0.118. The summed E-state index contributed by atoms with van der Waals surface area (Å²) in [6, 6.07) is 5.30. The zero-order valence-electron chi connectivity index (χ0n) is 11.9. The van der Waals surface area contributed by atoms with Gasteiger partial charge in [-0.3, -0.25) is 4.79 Å². The Morgan fingerprint density at radius 2 is 2.14 bits per heavy atom. The highest BCUT2D eigenvalue weighted by Crippen LogP contribution is 2.39. The van der Waals surface area contributed by atoms with Gasteiger partial charge >= 0.3 is 0 Å². The molecule has 1 aliphatic heterocycles. The lowest BCUT2D eigenvalue weighted by atomic mass is 10.1. The van der Waals surface area contributed by atoms with Crippen molar-refractivity contribution in [2.45, 2.75) is 15.3 Å². The molecule has 1 aliphatic rings. The van der Waals surface area contributed by atoms with Gasteiger partial charge in [-0.05, 0) is 12.1 Å². The van der Waals surface area contributed by atoms with Crippen molar-refractivity contribution in [1.29, 1.82) is 0 Å². The number of nitrogens with two attached hydrogens (primary N) is 1. The van der Waals surface area contributed by atoms with Crippen LogP contribution in [0.5, 0.6) is 0 Å². The molecule has 2 aromatic rings. The van der Waals surface area contributed by atoms with Gasteiger partial charge in [0, 0.05) is 37.3 Å². The molecule has 0 bridgehead atoms. The van der Waals surface area contributed by atoms with Crippen LogP contribution in [0.3, 0.4) is 0 Å². The summed E-state index contributed by atoms with van der Waals surface area (Å²) in [5, 5.41) is 9.14. The first-order valence-electron chi connectivity index (χ1n) is 6.33. The summed E-state index contributed by atoms with van der Waals surface area (Å²) in [7, 11) is 5.62. The summed E-state index contributed by atoms with van der Waals surface area (Å²) in [5.41, 5.74) is 7.64. The fourth-order valence-corrected chi connectivity index (χ4v) is 3.90. The van der Waals surface area contributed by atoms with Crippen LogP contribution >= 0.6 is 23.1 Å². The van der Waals surface area contributed by atoms with Crippen molar-refractivity contribution < 1.29 is 4.79 Å². The molecule has 1 aromatic carbocycles. The molecule has 0 saturated carbocycles. The molecule has 2 N–H and O–H groups in total. The first-order valence-corrected chi connectivity index (χ1v) is 7.96. The molecule has 1 aromatic heterocycles. The van der Waals surface area contributed by atoms with Gasteiger partial charge in [-0.1, -0.05) is 29.2 Å². The maximum absolute atomic E-state index is 11.9. The molecule has 3 rings (SSSR count). The minimum atomic E-state index is -0.550. The van der Waals surface area contributed by atoms with E-state index in [0.717, 1.165) is 25.6 Å². The topological polar surface area (TPSA) is 75.4 Å². The fourth-order valence-electron chi connectivity index (χ4n) is 2.13. The molecule has 0 aliphatic carbocycles. The second-order valence-corrected chi connectivity index (χ2v) is 7.22. The number of hydrogen-bond acceptors (Lipinski definition) is 7. The van der Waals surface area contributed by atoms with E-state index in [1.807, 2.05) is 37.2 Å². The Hall–Kier alpha value is -1.64. The summed E-state index contributed by atoms with van der Waals surface area (Å²) >= 11 is 3.07. The number of nitrogens with zero attached hydrogens (tertiary/aromatic N) is 4. The number of likely N-dealkylation sites (N-methyl/N-ethyl adjacent to an activating group) is 1. The van der Waals surface area contributed by atoms with Crippen LogP contribution in [-0.4, -0.2) is 37.2 Å². The number of carbonyl (C=O) groups is 1. The van der Waals surface area contributed by atoms with E-state index < -0.39 is 6.04 Å². The SMILES string of the molecule is CN(C)c1nnc(Sc2ccc3c(c2)N(C)C(=O)C3N)s1. The Balaban J connectivity index is 1.86. The minimum Gasteiger partial charge on any atom is -0.353 e. The Morgan fingerprint density at radius 3 is 2.81 bits per heavy atom. The van der Waals surface area contributed by atoms with Gasteiger partial charge < -0.3 is 15.5 Å². The first-order chi connectivity index (χ1) is 9.97. The molecule has 2 heterocycles. The Bertz CT molecular complexity index is 700. The number of amides is 1. The van der Waals surface area contributed by atoms with E-state index in [1.54, 1.807) is 11.9 Å². The Kier molecular flexibility index (Phi) is 3.60. The van der Waals surface area contributed by atoms with E-state index in [-0.39, 0.29) is 5.91 Å². The molecule has 21 heavy (non-hydrogen) atoms. The van der Waals surface area contributed by atoms with E-state index in [1.165, 1.54) is 23.1 Å². The second-order valence-electron chi connectivity index (χ2n) is 4.94. The number of anilines is 2. The van der Waals surface area contributed by atoms with Crippen LogP contribution < -0.4 is 15.5 Å². The van der Waals surface area contributed by atoms with Gasteiger partial charge in [0.25, 0.3) is 0 Å². The van der Waals surface area contributed by atoms with Crippen LogP contribution in [0.25, 0.3) is 0 Å². The number of rotatable bonds is 3. The van der Waals surface area contributed by atoms with E-state index in [2.05, 4.69) is 10.2 Å². The van der Waals surface area contributed by atoms with Gasteiger partial charge in [-0.15, -0.1) is 10.2 Å². The van der Waals surface area contributed by atoms with E-state index in [0.29, 0.717) is 0 Å². The number of carbonyl (C=O) groups excluding carboxylic acids is 1. The smallest absolute Gasteiger partial charge is 0.248 e. The molecule has 110 valence electrons. The van der Waals surface area contributed by atoms with Crippen LogP contribution in [0.15, 0.2) is 27.4 Å². The molecule has 0 spiro atoms. The monoisotopic (exact) mass is 321 g/mol. The van der Waals surface area contributed by atoms with Crippen molar-refractivity contribution in [2.75, 3.05) is 30.9 Å². The number of aromatic nitrogens is 2. The third-order valence-electron chi connectivity index (χ3n) is 3.28. The van der Waals surface area contributed by atoms with Crippen molar-refractivity contribution in [1.82, 2.24) is 10.2 Å². The molecule has 6 nitrogen and oxygen atoms in total. The van der Waals surface area contributed by atoms with Crippen LogP contribution in [-0.2, 0) is 4.79 Å². The van der Waals surface area contributed by atoms with Crippen molar-refractivity contribution in [2.24, 2.45) is 5.73 Å². The van der Waals surface area contributed by atoms with Gasteiger partial charge in [-0.2, -0.15) is 0 Å². The molecular weight excluding hydrogens is 306 g/mol. The minimum absolute atomic E-state index is 0.0713. The average molecular weight is 321 g/mol. The van der Waals surface area contributed by atoms with Gasteiger partial charge in [0.15, 0.2) is 4.34 Å². The number of benzene rings is 1. The molecule has 0 fully saturated rings. The highest BCUT2D eigenvalue weighted by Gasteiger charge is 2.32. The third-order valence-corrected chi connectivity index (χ3v) is 5.41. The third kappa shape index (κ3) is 2.50. The predicted molar refractivity (Wildman–Crippen MR) is 85.1 cm³/mol. The lowest BCUT2D eigenvalue weighted by Gasteiger charge is -2.10. The highest BCUT2D eigenvalue weighted by atomic mass is 32.2. The van der Waals surface area contributed by atoms with Crippen molar-refractivity contribution in [3.05, 3.63) is 23.8 Å². The van der Waals surface area contributed by atoms with E-state index >= 15 is 0 Å². The van der Waals surface area contributed by atoms with E-state index in [4.69, 9.17) is 5.73 Å². The van der Waals surface area contributed by atoms with Gasteiger partial charge in [-0.25, -0.2) is 0 Å². The maximum Gasteiger partial charge on any atom is 0.248 e. The molecule has 0 radical (unpaired) electrons. The van der Waals surface area contributed by atoms with Crippen LogP contribution in [0.2, 0.25) is 0 Å². The zero-order valence-corrected chi connectivity index (χ0v) is 13.5. The molecule has 0 saturated heterocycles. The molecule has 1 amide bonds. The summed E-state index contributed by atoms with van der Waals surface area (Å²) in [6.45, 7) is 0. The second kappa shape index (κ2) is 5.28. The first kappa shape index (κ1) is 14.3. The van der Waals surface area contributed by atoms with Crippen LogP contribution in [0, 0.1) is 0 Å². The van der Waals surface area contributed by atoms with Crippen LogP contribution in [0.4, 0.5) is 10.8 Å². The number of fused-ring (bicyclic) bond motifs is 1.